The van der Waals surface area contributed by atoms with Crippen molar-refractivity contribution in [3.63, 3.8) is 0 Å². The third-order valence-corrected chi connectivity index (χ3v) is 11.6. The molecule has 0 amide bonds. The molecule has 0 radical (unpaired) electrons. The van der Waals surface area contributed by atoms with E-state index in [1.165, 1.54) is 0 Å². The molecule has 1 aliphatic heterocycles. The third-order valence-electron chi connectivity index (χ3n) is 11.6. The highest BCUT2D eigenvalue weighted by molar-refractivity contribution is 5.53. The maximum absolute atomic E-state index is 12.0. The Bertz CT molecular complexity index is 1960. The number of fused-ring (bicyclic) bond motifs is 8. The van der Waals surface area contributed by atoms with E-state index >= 15 is 0 Å². The minimum Gasteiger partial charge on any atom is -0.507 e. The summed E-state index contributed by atoms with van der Waals surface area (Å²) in [6.45, 7) is 29.1. The van der Waals surface area contributed by atoms with Crippen molar-refractivity contribution in [3.05, 3.63) is 115 Å². The van der Waals surface area contributed by atoms with Crippen LogP contribution < -0.4 is 0 Å². The highest BCUT2D eigenvalue weighted by Gasteiger charge is 2.26. The number of phenols is 4. The lowest BCUT2D eigenvalue weighted by Crippen LogP contribution is -2.23. The van der Waals surface area contributed by atoms with Crippen LogP contribution in [0.2, 0.25) is 0 Å². The molecule has 0 fully saturated rings. The van der Waals surface area contributed by atoms with Gasteiger partial charge in [-0.25, -0.2) is 0 Å². The van der Waals surface area contributed by atoms with Crippen molar-refractivity contribution < 1.29 is 20.4 Å². The predicted molar refractivity (Wildman–Crippen MR) is 236 cm³/mol. The zero-order chi connectivity index (χ0) is 42.6. The van der Waals surface area contributed by atoms with Gasteiger partial charge in [0, 0.05) is 79.1 Å². The monoisotopic (exact) mass is 778 g/mol. The molecule has 0 saturated carbocycles. The van der Waals surface area contributed by atoms with Crippen LogP contribution in [0.1, 0.15) is 150 Å². The molecule has 1 aliphatic rings. The summed E-state index contributed by atoms with van der Waals surface area (Å²) in [6, 6.07) is 16.9. The highest BCUT2D eigenvalue weighted by Crippen LogP contribution is 2.40. The molecule has 0 aromatic heterocycles. The second-order valence-electron chi connectivity index (χ2n) is 21.3. The fourth-order valence-corrected chi connectivity index (χ4v) is 7.88. The third kappa shape index (κ3) is 10.3. The molecule has 7 heteroatoms. The highest BCUT2D eigenvalue weighted by atomic mass is 16.3. The summed E-state index contributed by atoms with van der Waals surface area (Å²) >= 11 is 0. The Morgan fingerprint density at radius 2 is 0.474 bits per heavy atom. The van der Waals surface area contributed by atoms with E-state index in [9.17, 15) is 20.4 Å². The number of hydrogen-bond acceptors (Lipinski definition) is 7. The van der Waals surface area contributed by atoms with E-state index in [0.29, 0.717) is 45.7 Å². The van der Waals surface area contributed by atoms with Gasteiger partial charge in [0.15, 0.2) is 0 Å². The van der Waals surface area contributed by atoms with Gasteiger partial charge in [0.05, 0.1) is 0 Å². The van der Waals surface area contributed by atoms with Gasteiger partial charge in [-0.3, -0.25) is 14.7 Å². The number of rotatable bonds is 0. The first-order valence-corrected chi connectivity index (χ1v) is 20.6. The Kier molecular flexibility index (Phi) is 12.3. The van der Waals surface area contributed by atoms with Gasteiger partial charge in [-0.15, -0.1) is 0 Å². The van der Waals surface area contributed by atoms with Crippen molar-refractivity contribution in [2.75, 3.05) is 21.1 Å². The minimum atomic E-state index is -0.181. The number of hydrogen-bond donors (Lipinski definition) is 4. The van der Waals surface area contributed by atoms with Crippen LogP contribution in [0.5, 0.6) is 23.0 Å². The lowest BCUT2D eigenvalue weighted by atomic mass is 9.82. The molecule has 0 spiro atoms. The summed E-state index contributed by atoms with van der Waals surface area (Å²) in [5.41, 5.74) is 10.4. The van der Waals surface area contributed by atoms with Crippen molar-refractivity contribution in [2.45, 2.75) is 150 Å². The van der Waals surface area contributed by atoms with Gasteiger partial charge in [0.2, 0.25) is 0 Å². The maximum Gasteiger partial charge on any atom is 0.124 e. The number of nitrogens with zero attached hydrogens (tertiary/aromatic N) is 3. The largest absolute Gasteiger partial charge is 0.507 e. The van der Waals surface area contributed by atoms with Crippen LogP contribution in [0.4, 0.5) is 0 Å². The second-order valence-corrected chi connectivity index (χ2v) is 21.3. The van der Waals surface area contributed by atoms with E-state index in [1.54, 1.807) is 0 Å². The number of benzene rings is 4. The molecule has 0 atom stereocenters. The molecule has 1 heterocycles. The Balaban J connectivity index is 1.74. The van der Waals surface area contributed by atoms with Crippen LogP contribution >= 0.6 is 0 Å². The molecule has 0 aliphatic carbocycles. The molecular formula is C50H71N3O4. The molecular weight excluding hydrogens is 707 g/mol. The van der Waals surface area contributed by atoms with Crippen LogP contribution in [0, 0.1) is 0 Å². The Hall–Kier alpha value is -4.04. The van der Waals surface area contributed by atoms with E-state index in [0.717, 1.165) is 66.8 Å². The Morgan fingerprint density at radius 1 is 0.316 bits per heavy atom. The minimum absolute atomic E-state index is 0.149. The summed E-state index contributed by atoms with van der Waals surface area (Å²) in [4.78, 5) is 6.45. The van der Waals surface area contributed by atoms with Crippen LogP contribution in [-0.2, 0) is 67.3 Å². The molecule has 7 nitrogen and oxygen atoms in total. The SMILES string of the molecule is CN1Cc2cc(C(C)(C)C)cc(c2O)Cc2cc(C(C)(C)C)cc(c2O)CN(C)Cc2cc(C(C)(C)C)cc(c2O)CN(C)Cc2cc(C(C)(C)C)cc(c2O)C1. The number of aromatic hydroxyl groups is 4. The zero-order valence-electron chi connectivity index (χ0n) is 37.7. The van der Waals surface area contributed by atoms with Gasteiger partial charge in [-0.1, -0.05) is 132 Å². The molecule has 5 rings (SSSR count). The first kappa shape index (κ1) is 44.1. The van der Waals surface area contributed by atoms with Crippen LogP contribution in [-0.4, -0.2) is 56.3 Å². The molecule has 4 N–H and O–H groups in total. The Labute approximate surface area is 344 Å². The molecule has 0 saturated heterocycles. The standard InChI is InChI=1S/C50H71N3O4/c1-47(2,3)39-17-31-16-32-18-40(48(4,5)6)20-34(44(32)55)26-52(14)28-36-22-42(50(10,11)12)24-38(46(36)57)30-53(15)29-37-23-41(49(7,8)9)21-35(45(37)56)27-51(13)25-33(19-39)43(31)54/h17-24,54-57H,16,25-30H2,1-15H3. The Morgan fingerprint density at radius 3 is 0.649 bits per heavy atom. The summed E-state index contributed by atoms with van der Waals surface area (Å²) in [5, 5.41) is 47.8. The second kappa shape index (κ2) is 16.0. The molecule has 4 aromatic carbocycles. The molecule has 0 unspecified atom stereocenters. The van der Waals surface area contributed by atoms with Crippen molar-refractivity contribution in [1.29, 1.82) is 0 Å². The van der Waals surface area contributed by atoms with Gasteiger partial charge in [-0.05, 0) is 76.2 Å². The van der Waals surface area contributed by atoms with E-state index in [4.69, 9.17) is 0 Å². The van der Waals surface area contributed by atoms with Crippen molar-refractivity contribution in [3.8, 4) is 23.0 Å². The lowest BCUT2D eigenvalue weighted by molar-refractivity contribution is 0.291. The summed E-state index contributed by atoms with van der Waals surface area (Å²) in [7, 11) is 6.09. The van der Waals surface area contributed by atoms with E-state index in [2.05, 4.69) is 146 Å². The summed E-state index contributed by atoms with van der Waals surface area (Å²) in [5.74, 6) is 1.02. The summed E-state index contributed by atoms with van der Waals surface area (Å²) < 4.78 is 0. The summed E-state index contributed by atoms with van der Waals surface area (Å²) in [6.07, 6.45) is 0.363. The van der Waals surface area contributed by atoms with Gasteiger partial charge in [-0.2, -0.15) is 0 Å². The lowest BCUT2D eigenvalue weighted by Gasteiger charge is -2.28. The topological polar surface area (TPSA) is 90.6 Å². The van der Waals surface area contributed by atoms with E-state index in [-0.39, 0.29) is 44.7 Å². The van der Waals surface area contributed by atoms with Gasteiger partial charge >= 0.3 is 0 Å². The van der Waals surface area contributed by atoms with Crippen molar-refractivity contribution >= 4 is 0 Å². The predicted octanol–water partition coefficient (Wildman–Crippen LogP) is 10.5. The quantitative estimate of drug-likeness (QED) is 0.141. The fraction of sp³-hybridized carbons (Fsp3) is 0.520. The van der Waals surface area contributed by atoms with E-state index < -0.39 is 0 Å². The van der Waals surface area contributed by atoms with Crippen molar-refractivity contribution in [2.24, 2.45) is 0 Å². The molecule has 57 heavy (non-hydrogen) atoms. The first-order valence-electron chi connectivity index (χ1n) is 20.6. The van der Waals surface area contributed by atoms with Gasteiger partial charge in [0.25, 0.3) is 0 Å². The average molecular weight is 778 g/mol. The first-order chi connectivity index (χ1) is 26.1. The zero-order valence-corrected chi connectivity index (χ0v) is 37.7. The van der Waals surface area contributed by atoms with Crippen LogP contribution in [0.15, 0.2) is 48.5 Å². The van der Waals surface area contributed by atoms with E-state index in [1.807, 2.05) is 21.1 Å². The molecule has 4 aromatic rings. The fourth-order valence-electron chi connectivity index (χ4n) is 7.88. The number of phenolic OH excluding ortho intramolecular Hbond substituents is 4. The van der Waals surface area contributed by atoms with Gasteiger partial charge < -0.3 is 20.4 Å². The average Bonchev–Trinajstić information content (AvgIpc) is 3.05. The maximum atomic E-state index is 12.0. The normalized spacial score (nSPS) is 16.3. The smallest absolute Gasteiger partial charge is 0.124 e. The molecule has 310 valence electrons. The van der Waals surface area contributed by atoms with Crippen molar-refractivity contribution in [1.82, 2.24) is 14.7 Å². The van der Waals surface area contributed by atoms with Crippen LogP contribution in [0.3, 0.4) is 0 Å². The molecule has 8 bridgehead atoms. The van der Waals surface area contributed by atoms with Gasteiger partial charge in [0.1, 0.15) is 23.0 Å². The van der Waals surface area contributed by atoms with Crippen LogP contribution in [0.25, 0.3) is 0 Å².